The molecule has 3 aliphatic heterocycles. The second kappa shape index (κ2) is 12.5. The highest BCUT2D eigenvalue weighted by Gasteiger charge is 2.44. The van der Waals surface area contributed by atoms with Crippen molar-refractivity contribution in [2.45, 2.75) is 50.6 Å². The Bertz CT molecular complexity index is 1930. The maximum absolute atomic E-state index is 13.1. The van der Waals surface area contributed by atoms with E-state index < -0.39 is 23.8 Å². The first kappa shape index (κ1) is 30.2. The summed E-state index contributed by atoms with van der Waals surface area (Å²) in [4.78, 5) is 62.8. The predicted octanol–water partition coefficient (Wildman–Crippen LogP) is 3.15. The lowest BCUT2D eigenvalue weighted by Gasteiger charge is -2.35. The molecule has 2 aromatic carbocycles. The maximum Gasteiger partial charge on any atom is 0.262 e. The Labute approximate surface area is 277 Å². The quantitative estimate of drug-likeness (QED) is 0.182. The monoisotopic (exact) mass is 647 g/mol. The largest absolute Gasteiger partial charge is 0.385 e. The van der Waals surface area contributed by atoms with Gasteiger partial charge >= 0.3 is 0 Å². The van der Waals surface area contributed by atoms with Crippen molar-refractivity contribution in [1.82, 2.24) is 35.3 Å². The minimum atomic E-state index is -0.963. The van der Waals surface area contributed by atoms with Crippen LogP contribution in [0.1, 0.15) is 65.3 Å². The lowest BCUT2D eigenvalue weighted by atomic mass is 9.77. The number of fused-ring (bicyclic) bond motifs is 2. The third-order valence-corrected chi connectivity index (χ3v) is 10.0. The fourth-order valence-electron chi connectivity index (χ4n) is 7.29. The van der Waals surface area contributed by atoms with E-state index in [1.54, 1.807) is 18.2 Å². The molecule has 2 saturated heterocycles. The second-order valence-corrected chi connectivity index (χ2v) is 13.1. The number of carbonyl (C=O) groups is 4. The number of anilines is 2. The smallest absolute Gasteiger partial charge is 0.262 e. The van der Waals surface area contributed by atoms with E-state index in [4.69, 9.17) is 4.98 Å². The second-order valence-electron chi connectivity index (χ2n) is 13.1. The van der Waals surface area contributed by atoms with Crippen LogP contribution < -0.4 is 20.9 Å². The van der Waals surface area contributed by atoms with Crippen molar-refractivity contribution in [3.05, 3.63) is 66.1 Å². The van der Waals surface area contributed by atoms with E-state index in [0.29, 0.717) is 12.0 Å². The van der Waals surface area contributed by atoms with Gasteiger partial charge in [0.05, 0.1) is 46.3 Å². The van der Waals surface area contributed by atoms with Crippen LogP contribution in [-0.4, -0.2) is 87.0 Å². The van der Waals surface area contributed by atoms with Crippen molar-refractivity contribution < 1.29 is 19.2 Å². The maximum atomic E-state index is 13.1. The van der Waals surface area contributed by atoms with E-state index in [2.05, 4.69) is 53.9 Å². The summed E-state index contributed by atoms with van der Waals surface area (Å²) in [5, 5.41) is 13.7. The van der Waals surface area contributed by atoms with Gasteiger partial charge in [-0.2, -0.15) is 5.10 Å². The minimum Gasteiger partial charge on any atom is -0.385 e. The third-order valence-electron chi connectivity index (χ3n) is 10.0. The summed E-state index contributed by atoms with van der Waals surface area (Å²) < 4.78 is 2.06. The fraction of sp³-hybridized carbons (Fsp3) is 0.400. The molecule has 1 unspecified atom stereocenters. The molecule has 4 amide bonds. The predicted molar refractivity (Wildman–Crippen MR) is 178 cm³/mol. The van der Waals surface area contributed by atoms with Crippen LogP contribution in [0.15, 0.2) is 55.0 Å². The van der Waals surface area contributed by atoms with Crippen LogP contribution in [0.4, 0.5) is 11.4 Å². The highest BCUT2D eigenvalue weighted by Crippen LogP contribution is 2.40. The van der Waals surface area contributed by atoms with Crippen molar-refractivity contribution in [2.24, 2.45) is 5.92 Å². The Kier molecular flexibility index (Phi) is 7.83. The van der Waals surface area contributed by atoms with Crippen LogP contribution in [0.5, 0.6) is 0 Å². The number of imide groups is 2. The fourth-order valence-corrected chi connectivity index (χ4v) is 7.29. The number of nitrogens with one attached hydrogen (secondary N) is 3. The van der Waals surface area contributed by atoms with Gasteiger partial charge in [0.1, 0.15) is 6.04 Å². The number of nitrogens with zero attached hydrogens (tertiary/aromatic N) is 6. The molecule has 1 saturated carbocycles. The van der Waals surface area contributed by atoms with Crippen LogP contribution in [0.3, 0.4) is 0 Å². The van der Waals surface area contributed by atoms with Crippen LogP contribution in [-0.2, 0) is 9.59 Å². The molecule has 4 aliphatic rings. The molecule has 13 nitrogen and oxygen atoms in total. The van der Waals surface area contributed by atoms with E-state index in [1.807, 2.05) is 18.5 Å². The molecule has 1 atom stereocenters. The summed E-state index contributed by atoms with van der Waals surface area (Å²) >= 11 is 0. The first-order chi connectivity index (χ1) is 23.4. The van der Waals surface area contributed by atoms with Crippen molar-refractivity contribution in [2.75, 3.05) is 42.9 Å². The highest BCUT2D eigenvalue weighted by molar-refractivity contribution is 6.23. The zero-order chi connectivity index (χ0) is 32.8. The summed E-state index contributed by atoms with van der Waals surface area (Å²) in [5.74, 6) is -1.37. The number of hydrogen-bond acceptors (Lipinski definition) is 10. The molecule has 5 heterocycles. The zero-order valence-electron chi connectivity index (χ0n) is 26.5. The van der Waals surface area contributed by atoms with Gasteiger partial charge in [0.25, 0.3) is 11.8 Å². The van der Waals surface area contributed by atoms with E-state index >= 15 is 0 Å². The van der Waals surface area contributed by atoms with Crippen molar-refractivity contribution in [3.8, 4) is 11.3 Å². The lowest BCUT2D eigenvalue weighted by molar-refractivity contribution is -0.136. The Morgan fingerprint density at radius 3 is 2.58 bits per heavy atom. The first-order valence-electron chi connectivity index (χ1n) is 16.8. The molecule has 3 N–H and O–H groups in total. The average molecular weight is 648 g/mol. The van der Waals surface area contributed by atoms with Gasteiger partial charge in [-0.3, -0.25) is 39.1 Å². The Morgan fingerprint density at radius 2 is 1.75 bits per heavy atom. The number of carbonyl (C=O) groups excluding carboxylic acids is 4. The van der Waals surface area contributed by atoms with Crippen molar-refractivity contribution in [3.63, 3.8) is 0 Å². The number of piperidine rings is 1. The molecule has 0 bridgehead atoms. The van der Waals surface area contributed by atoms with Crippen LogP contribution in [0.2, 0.25) is 0 Å². The molecular formula is C35H37N9O4. The number of aromatic nitrogens is 4. The topological polar surface area (TPSA) is 154 Å². The minimum absolute atomic E-state index is 0.0975. The van der Waals surface area contributed by atoms with Gasteiger partial charge in [0.2, 0.25) is 11.8 Å². The summed E-state index contributed by atoms with van der Waals surface area (Å²) in [6.45, 7) is 4.68. The van der Waals surface area contributed by atoms with Gasteiger partial charge in [0.15, 0.2) is 0 Å². The van der Waals surface area contributed by atoms with E-state index in [-0.39, 0.29) is 29.9 Å². The first-order valence-corrected chi connectivity index (χ1v) is 16.8. The van der Waals surface area contributed by atoms with Gasteiger partial charge in [-0.15, -0.1) is 0 Å². The van der Waals surface area contributed by atoms with Crippen molar-refractivity contribution >= 4 is 46.0 Å². The Hall–Kier alpha value is -5.17. The van der Waals surface area contributed by atoms with E-state index in [1.165, 1.54) is 5.69 Å². The molecule has 3 fully saturated rings. The Balaban J connectivity index is 0.819. The van der Waals surface area contributed by atoms with Crippen molar-refractivity contribution in [1.29, 1.82) is 0 Å². The SMILES string of the molecule is O=C1CCC(N2C(=O)c3ccc(NCCC[C@H]4C[C@H](n5cc(-c6cnc7ccc(N8CCNCC8)cc7n6)cn5)C4)cc3C2=O)C(=O)N1. The molecule has 0 radical (unpaired) electrons. The average Bonchev–Trinajstić information content (AvgIpc) is 3.66. The summed E-state index contributed by atoms with van der Waals surface area (Å²) in [7, 11) is 0. The molecule has 48 heavy (non-hydrogen) atoms. The number of piperazine rings is 1. The van der Waals surface area contributed by atoms with Gasteiger partial charge in [-0.05, 0) is 74.4 Å². The van der Waals surface area contributed by atoms with Crippen LogP contribution in [0, 0.1) is 5.92 Å². The molecule has 8 rings (SSSR count). The summed E-state index contributed by atoms with van der Waals surface area (Å²) in [6.07, 6.45) is 10.2. The Morgan fingerprint density at radius 1 is 0.917 bits per heavy atom. The summed E-state index contributed by atoms with van der Waals surface area (Å²) in [5.41, 5.74) is 6.08. The standard InChI is InChI=1S/C35H37N9O4/c45-32-8-7-31(33(46)41-32)44-34(47)26-5-3-23(16-27(26)35(44)48)37-9-1-2-21-14-25(15-21)43-20-22(18-39-43)30-19-38-28-6-4-24(17-29(28)40-30)42-12-10-36-11-13-42/h3-6,16-21,25,31,36-37H,1-2,7-15H2,(H,41,45,46)/t21-,25-,31?. The van der Waals surface area contributed by atoms with E-state index in [0.717, 1.165) is 91.3 Å². The number of amides is 4. The van der Waals surface area contributed by atoms with Gasteiger partial charge in [-0.25, -0.2) is 4.98 Å². The van der Waals surface area contributed by atoms with Crippen LogP contribution >= 0.6 is 0 Å². The van der Waals surface area contributed by atoms with Crippen LogP contribution in [0.25, 0.3) is 22.3 Å². The van der Waals surface area contributed by atoms with Gasteiger partial charge in [0, 0.05) is 62.3 Å². The lowest BCUT2D eigenvalue weighted by Crippen LogP contribution is -2.54. The van der Waals surface area contributed by atoms with Gasteiger partial charge in [-0.1, -0.05) is 0 Å². The molecule has 2 aromatic heterocycles. The zero-order valence-corrected chi connectivity index (χ0v) is 26.5. The molecule has 0 spiro atoms. The third kappa shape index (κ3) is 5.68. The normalized spacial score (nSPS) is 22.5. The number of rotatable bonds is 9. The molecule has 13 heteroatoms. The molecule has 246 valence electrons. The highest BCUT2D eigenvalue weighted by atomic mass is 16.2. The molecule has 1 aliphatic carbocycles. The summed E-state index contributed by atoms with van der Waals surface area (Å²) in [6, 6.07) is 10.8. The molecule has 4 aromatic rings. The number of benzene rings is 2. The van der Waals surface area contributed by atoms with Gasteiger partial charge < -0.3 is 15.5 Å². The molecular weight excluding hydrogens is 610 g/mol. The number of hydrogen-bond donors (Lipinski definition) is 3. The van der Waals surface area contributed by atoms with E-state index in [9.17, 15) is 19.2 Å².